The van der Waals surface area contributed by atoms with Crippen LogP contribution in [0.25, 0.3) is 0 Å². The van der Waals surface area contributed by atoms with Crippen LogP contribution in [-0.4, -0.2) is 33.8 Å². The lowest BCUT2D eigenvalue weighted by atomic mass is 10.1. The summed E-state index contributed by atoms with van der Waals surface area (Å²) in [4.78, 5) is 19.6. The summed E-state index contributed by atoms with van der Waals surface area (Å²) in [5.41, 5.74) is 3.41. The van der Waals surface area contributed by atoms with Gasteiger partial charge in [-0.3, -0.25) is 9.48 Å². The van der Waals surface area contributed by atoms with Crippen LogP contribution < -0.4 is 10.2 Å². The summed E-state index contributed by atoms with van der Waals surface area (Å²) in [5, 5.41) is 7.40. The van der Waals surface area contributed by atoms with E-state index in [0.29, 0.717) is 17.8 Å². The van der Waals surface area contributed by atoms with Crippen LogP contribution in [0.1, 0.15) is 41.4 Å². The Morgan fingerprint density at radius 2 is 1.86 bits per heavy atom. The van der Waals surface area contributed by atoms with Gasteiger partial charge in [0, 0.05) is 13.1 Å². The van der Waals surface area contributed by atoms with Gasteiger partial charge in [-0.05, 0) is 37.0 Å². The predicted molar refractivity (Wildman–Crippen MR) is 111 cm³/mol. The zero-order valence-corrected chi connectivity index (χ0v) is 16.1. The molecule has 4 rings (SSSR count). The molecule has 1 N–H and O–H groups in total. The first-order valence-corrected chi connectivity index (χ1v) is 9.85. The minimum atomic E-state index is -0.146. The van der Waals surface area contributed by atoms with Gasteiger partial charge in [0.2, 0.25) is 0 Å². The van der Waals surface area contributed by atoms with Crippen LogP contribution in [0.3, 0.4) is 0 Å². The predicted octanol–water partition coefficient (Wildman–Crippen LogP) is 3.74. The zero-order chi connectivity index (χ0) is 19.3. The van der Waals surface area contributed by atoms with E-state index in [1.54, 1.807) is 12.4 Å². The summed E-state index contributed by atoms with van der Waals surface area (Å²) in [7, 11) is 0. The normalized spacial score (nSPS) is 13.7. The third-order valence-corrected chi connectivity index (χ3v) is 5.14. The van der Waals surface area contributed by atoms with E-state index in [1.165, 1.54) is 12.8 Å². The number of amides is 1. The lowest BCUT2D eigenvalue weighted by molar-refractivity contribution is 0.102. The van der Waals surface area contributed by atoms with Gasteiger partial charge in [0.05, 0.1) is 35.9 Å². The van der Waals surface area contributed by atoms with Crippen LogP contribution >= 0.6 is 0 Å². The van der Waals surface area contributed by atoms with Gasteiger partial charge in [0.1, 0.15) is 5.82 Å². The van der Waals surface area contributed by atoms with Crippen LogP contribution in [0.4, 0.5) is 11.5 Å². The summed E-state index contributed by atoms with van der Waals surface area (Å²) >= 11 is 0. The zero-order valence-electron chi connectivity index (χ0n) is 16.1. The summed E-state index contributed by atoms with van der Waals surface area (Å²) in [6.07, 6.45) is 6.55. The lowest BCUT2D eigenvalue weighted by Crippen LogP contribution is -2.19. The van der Waals surface area contributed by atoms with Crippen molar-refractivity contribution in [2.45, 2.75) is 32.7 Å². The number of pyridine rings is 1. The van der Waals surface area contributed by atoms with Crippen LogP contribution in [0.15, 0.2) is 54.9 Å². The molecule has 2 aromatic heterocycles. The second-order valence-electron chi connectivity index (χ2n) is 7.06. The molecule has 1 aliphatic rings. The molecule has 1 amide bonds. The Kier molecular flexibility index (Phi) is 5.37. The Bertz CT molecular complexity index is 927. The molecule has 0 radical (unpaired) electrons. The topological polar surface area (TPSA) is 63.1 Å². The average molecular weight is 375 g/mol. The highest BCUT2D eigenvalue weighted by atomic mass is 16.1. The van der Waals surface area contributed by atoms with Crippen molar-refractivity contribution < 1.29 is 4.79 Å². The van der Waals surface area contributed by atoms with Gasteiger partial charge < -0.3 is 10.2 Å². The molecule has 0 aliphatic carbocycles. The van der Waals surface area contributed by atoms with E-state index in [4.69, 9.17) is 0 Å². The van der Waals surface area contributed by atoms with Gasteiger partial charge in [-0.15, -0.1) is 0 Å². The van der Waals surface area contributed by atoms with Crippen LogP contribution in [0.2, 0.25) is 0 Å². The first kappa shape index (κ1) is 18.2. The van der Waals surface area contributed by atoms with E-state index in [-0.39, 0.29) is 5.91 Å². The molecule has 28 heavy (non-hydrogen) atoms. The van der Waals surface area contributed by atoms with Crippen molar-refractivity contribution in [3.05, 3.63) is 71.7 Å². The monoisotopic (exact) mass is 375 g/mol. The fourth-order valence-electron chi connectivity index (χ4n) is 3.66. The maximum absolute atomic E-state index is 12.8. The largest absolute Gasteiger partial charge is 0.357 e. The van der Waals surface area contributed by atoms with Crippen LogP contribution in [-0.2, 0) is 13.0 Å². The molecule has 1 saturated heterocycles. The van der Waals surface area contributed by atoms with Gasteiger partial charge in [-0.25, -0.2) is 4.98 Å². The molecule has 1 aromatic carbocycles. The number of anilines is 2. The molecule has 144 valence electrons. The number of hydrogen-bond donors (Lipinski definition) is 1. The molecule has 0 bridgehead atoms. The Morgan fingerprint density at radius 3 is 2.54 bits per heavy atom. The third-order valence-electron chi connectivity index (χ3n) is 5.14. The van der Waals surface area contributed by atoms with Crippen molar-refractivity contribution in [3.63, 3.8) is 0 Å². The summed E-state index contributed by atoms with van der Waals surface area (Å²) in [6.45, 7) is 4.81. The maximum atomic E-state index is 12.8. The number of carbonyl (C=O) groups excluding carboxylic acids is 1. The van der Waals surface area contributed by atoms with E-state index in [2.05, 4.69) is 32.4 Å². The molecule has 3 aromatic rings. The maximum Gasteiger partial charge on any atom is 0.259 e. The molecule has 0 atom stereocenters. The summed E-state index contributed by atoms with van der Waals surface area (Å²) in [5.74, 6) is 0.826. The molecule has 0 spiro atoms. The minimum absolute atomic E-state index is 0.146. The third kappa shape index (κ3) is 3.91. The van der Waals surface area contributed by atoms with Crippen molar-refractivity contribution in [1.29, 1.82) is 0 Å². The number of carbonyl (C=O) groups is 1. The van der Waals surface area contributed by atoms with Crippen LogP contribution in [0.5, 0.6) is 0 Å². The smallest absolute Gasteiger partial charge is 0.259 e. The van der Waals surface area contributed by atoms with E-state index in [9.17, 15) is 4.79 Å². The number of benzene rings is 1. The molecular weight excluding hydrogens is 350 g/mol. The fourth-order valence-corrected chi connectivity index (χ4v) is 3.66. The van der Waals surface area contributed by atoms with Crippen molar-refractivity contribution in [2.24, 2.45) is 0 Å². The molecule has 1 aliphatic heterocycles. The van der Waals surface area contributed by atoms with Crippen LogP contribution in [0, 0.1) is 0 Å². The molecule has 0 saturated carbocycles. The highest BCUT2D eigenvalue weighted by molar-refractivity contribution is 6.04. The number of nitrogens with one attached hydrogen (secondary N) is 1. The van der Waals surface area contributed by atoms with Crippen molar-refractivity contribution in [1.82, 2.24) is 14.8 Å². The first-order chi connectivity index (χ1) is 13.7. The molecule has 6 heteroatoms. The highest BCUT2D eigenvalue weighted by Gasteiger charge is 2.17. The Hall–Kier alpha value is -3.15. The molecule has 6 nitrogen and oxygen atoms in total. The van der Waals surface area contributed by atoms with Crippen molar-refractivity contribution in [3.8, 4) is 0 Å². The van der Waals surface area contributed by atoms with Gasteiger partial charge in [0.25, 0.3) is 5.91 Å². The van der Waals surface area contributed by atoms with Gasteiger partial charge >= 0.3 is 0 Å². The summed E-state index contributed by atoms with van der Waals surface area (Å²) in [6, 6.07) is 14.0. The molecule has 0 unspecified atom stereocenters. The molecular formula is C22H25N5O. The number of rotatable bonds is 6. The van der Waals surface area contributed by atoms with Crippen molar-refractivity contribution >= 4 is 17.4 Å². The lowest BCUT2D eigenvalue weighted by Gasteiger charge is -2.16. The van der Waals surface area contributed by atoms with E-state index >= 15 is 0 Å². The number of nitrogens with zero attached hydrogens (tertiary/aromatic N) is 4. The van der Waals surface area contributed by atoms with E-state index in [1.807, 2.05) is 41.9 Å². The quantitative estimate of drug-likeness (QED) is 0.713. The fraction of sp³-hybridized carbons (Fsp3) is 0.318. The second-order valence-corrected chi connectivity index (χ2v) is 7.06. The Balaban J connectivity index is 1.47. The van der Waals surface area contributed by atoms with Gasteiger partial charge in [-0.2, -0.15) is 5.10 Å². The highest BCUT2D eigenvalue weighted by Crippen LogP contribution is 2.20. The van der Waals surface area contributed by atoms with E-state index < -0.39 is 0 Å². The Labute approximate surface area is 165 Å². The minimum Gasteiger partial charge on any atom is -0.357 e. The second kappa shape index (κ2) is 8.25. The molecule has 1 fully saturated rings. The molecule has 3 heterocycles. The summed E-state index contributed by atoms with van der Waals surface area (Å²) < 4.78 is 1.90. The average Bonchev–Trinajstić information content (AvgIpc) is 3.39. The number of hydrogen-bond acceptors (Lipinski definition) is 4. The SMILES string of the molecule is CCc1c(C(=O)Nc2ccc(N3CCCC3)nc2)cnn1Cc1ccccc1. The Morgan fingerprint density at radius 1 is 1.07 bits per heavy atom. The van der Waals surface area contributed by atoms with Gasteiger partial charge in [-0.1, -0.05) is 37.3 Å². The first-order valence-electron chi connectivity index (χ1n) is 9.85. The van der Waals surface area contributed by atoms with Crippen molar-refractivity contribution in [2.75, 3.05) is 23.3 Å². The number of aromatic nitrogens is 3. The van der Waals surface area contributed by atoms with Gasteiger partial charge in [0.15, 0.2) is 0 Å². The van der Waals surface area contributed by atoms with E-state index in [0.717, 1.165) is 36.6 Å². The standard InChI is InChI=1S/C22H25N5O/c1-2-20-19(15-24-27(20)16-17-8-4-3-5-9-17)22(28)25-18-10-11-21(23-14-18)26-12-6-7-13-26/h3-5,8-11,14-15H,2,6-7,12-13,16H2,1H3,(H,25,28).